The Bertz CT molecular complexity index is 727. The van der Waals surface area contributed by atoms with Gasteiger partial charge in [-0.25, -0.2) is 0 Å². The number of amides is 1. The highest BCUT2D eigenvalue weighted by Gasteiger charge is 2.10. The Hall–Kier alpha value is -1.79. The second kappa shape index (κ2) is 8.89. The molecule has 128 valence electrons. The first-order valence-corrected chi connectivity index (χ1v) is 9.05. The van der Waals surface area contributed by atoms with Crippen LogP contribution in [-0.4, -0.2) is 26.4 Å². The lowest BCUT2D eigenvalue weighted by molar-refractivity contribution is -0.116. The predicted octanol–water partition coefficient (Wildman–Crippen LogP) is 3.55. The molecule has 0 saturated heterocycles. The van der Waals surface area contributed by atoms with E-state index in [-0.39, 0.29) is 5.91 Å². The van der Waals surface area contributed by atoms with Gasteiger partial charge in [-0.2, -0.15) is 0 Å². The normalized spacial score (nSPS) is 11.4. The van der Waals surface area contributed by atoms with Crippen LogP contribution in [0.25, 0.3) is 6.08 Å². The lowest BCUT2D eigenvalue weighted by Crippen LogP contribution is -2.22. The number of halogens is 1. The van der Waals surface area contributed by atoms with Crippen LogP contribution in [0.1, 0.15) is 25.2 Å². The van der Waals surface area contributed by atoms with Gasteiger partial charge in [0.15, 0.2) is 11.0 Å². The number of hydrogen-bond acceptors (Lipinski definition) is 4. The number of rotatable bonds is 7. The highest BCUT2D eigenvalue weighted by molar-refractivity contribution is 7.99. The van der Waals surface area contributed by atoms with Crippen LogP contribution >= 0.6 is 23.4 Å². The summed E-state index contributed by atoms with van der Waals surface area (Å²) in [6.45, 7) is 4.66. The summed E-state index contributed by atoms with van der Waals surface area (Å²) in [6, 6.07) is 7.37. The summed E-state index contributed by atoms with van der Waals surface area (Å²) < 4.78 is 1.91. The molecule has 1 aromatic carbocycles. The molecule has 0 fully saturated rings. The Labute approximate surface area is 151 Å². The van der Waals surface area contributed by atoms with Crippen LogP contribution in [-0.2, 0) is 18.4 Å². The number of thioether (sulfide) groups is 1. The number of nitrogens with zero attached hydrogens (tertiary/aromatic N) is 3. The molecule has 1 aromatic heterocycles. The van der Waals surface area contributed by atoms with Crippen molar-refractivity contribution in [1.82, 2.24) is 20.1 Å². The van der Waals surface area contributed by atoms with Crippen LogP contribution in [0, 0.1) is 5.92 Å². The van der Waals surface area contributed by atoms with Crippen LogP contribution in [0.5, 0.6) is 0 Å². The third kappa shape index (κ3) is 5.39. The fraction of sp³-hybridized carbons (Fsp3) is 0.353. The highest BCUT2D eigenvalue weighted by atomic mass is 35.5. The van der Waals surface area contributed by atoms with E-state index in [1.54, 1.807) is 23.9 Å². The summed E-state index contributed by atoms with van der Waals surface area (Å²) in [6.07, 6.45) is 3.16. The van der Waals surface area contributed by atoms with Crippen LogP contribution in [0.4, 0.5) is 0 Å². The molecule has 1 amide bonds. The molecule has 0 bridgehead atoms. The van der Waals surface area contributed by atoms with E-state index in [1.165, 1.54) is 6.08 Å². The molecule has 0 aliphatic carbocycles. The minimum Gasteiger partial charge on any atom is -0.345 e. The van der Waals surface area contributed by atoms with E-state index in [9.17, 15) is 4.79 Å². The molecule has 0 atom stereocenters. The topological polar surface area (TPSA) is 59.8 Å². The van der Waals surface area contributed by atoms with E-state index in [2.05, 4.69) is 29.4 Å². The maximum Gasteiger partial charge on any atom is 0.244 e. The third-order valence-electron chi connectivity index (χ3n) is 3.21. The van der Waals surface area contributed by atoms with Gasteiger partial charge in [-0.3, -0.25) is 4.79 Å². The smallest absolute Gasteiger partial charge is 0.244 e. The Morgan fingerprint density at radius 3 is 2.83 bits per heavy atom. The first-order chi connectivity index (χ1) is 11.5. The molecule has 0 spiro atoms. The molecule has 1 heterocycles. The summed E-state index contributed by atoms with van der Waals surface area (Å²) in [4.78, 5) is 11.9. The number of carbonyl (C=O) groups is 1. The van der Waals surface area contributed by atoms with Crippen LogP contribution < -0.4 is 5.32 Å². The summed E-state index contributed by atoms with van der Waals surface area (Å²) in [5, 5.41) is 12.6. The van der Waals surface area contributed by atoms with Gasteiger partial charge in [0.25, 0.3) is 0 Å². The van der Waals surface area contributed by atoms with Crippen molar-refractivity contribution in [2.45, 2.75) is 25.5 Å². The van der Waals surface area contributed by atoms with Crippen LogP contribution in [0.2, 0.25) is 5.02 Å². The van der Waals surface area contributed by atoms with E-state index in [4.69, 9.17) is 11.6 Å². The van der Waals surface area contributed by atoms with Gasteiger partial charge in [-0.05, 0) is 23.6 Å². The number of hydrogen-bond donors (Lipinski definition) is 1. The quantitative estimate of drug-likeness (QED) is 0.603. The second-order valence-corrected chi connectivity index (χ2v) is 7.13. The Morgan fingerprint density at radius 2 is 2.12 bits per heavy atom. The molecular weight excluding hydrogens is 344 g/mol. The van der Waals surface area contributed by atoms with Gasteiger partial charge in [0.1, 0.15) is 0 Å². The minimum absolute atomic E-state index is 0.200. The zero-order valence-electron chi connectivity index (χ0n) is 14.0. The van der Waals surface area contributed by atoms with Gasteiger partial charge in [0, 0.05) is 23.9 Å². The lowest BCUT2D eigenvalue weighted by Gasteiger charge is -2.05. The fourth-order valence-corrected chi connectivity index (χ4v) is 2.95. The molecule has 5 nitrogen and oxygen atoms in total. The monoisotopic (exact) mass is 364 g/mol. The van der Waals surface area contributed by atoms with E-state index in [1.807, 2.05) is 29.8 Å². The molecule has 0 aliphatic rings. The van der Waals surface area contributed by atoms with Gasteiger partial charge < -0.3 is 9.88 Å². The van der Waals surface area contributed by atoms with Gasteiger partial charge in [0.05, 0.1) is 6.54 Å². The Balaban J connectivity index is 1.89. The van der Waals surface area contributed by atoms with E-state index in [0.717, 1.165) is 22.3 Å². The molecule has 1 N–H and O–H groups in total. The van der Waals surface area contributed by atoms with E-state index >= 15 is 0 Å². The first kappa shape index (κ1) is 18.5. The van der Waals surface area contributed by atoms with E-state index in [0.29, 0.717) is 17.5 Å². The summed E-state index contributed by atoms with van der Waals surface area (Å²) in [5.41, 5.74) is 0.806. The van der Waals surface area contributed by atoms with Gasteiger partial charge >= 0.3 is 0 Å². The van der Waals surface area contributed by atoms with Crippen molar-refractivity contribution in [1.29, 1.82) is 0 Å². The minimum atomic E-state index is -0.200. The van der Waals surface area contributed by atoms with Crippen LogP contribution in [0.3, 0.4) is 0 Å². The first-order valence-electron chi connectivity index (χ1n) is 7.69. The Morgan fingerprint density at radius 1 is 1.38 bits per heavy atom. The highest BCUT2D eigenvalue weighted by Crippen LogP contribution is 2.18. The van der Waals surface area contributed by atoms with Gasteiger partial charge in [-0.15, -0.1) is 10.2 Å². The molecule has 2 rings (SSSR count). The Kier molecular flexibility index (Phi) is 6.87. The summed E-state index contributed by atoms with van der Waals surface area (Å²) in [5.74, 6) is 2.10. The molecule has 0 saturated carbocycles. The standard InChI is InChI=1S/C17H21ClN4OS/c1-12(2)11-24-17-21-20-15(22(17)3)10-19-16(23)9-8-13-6-4-5-7-14(13)18/h4-9,12H,10-11H2,1-3H3,(H,19,23). The average molecular weight is 365 g/mol. The average Bonchev–Trinajstić information content (AvgIpc) is 2.90. The number of aromatic nitrogens is 3. The molecule has 0 aliphatic heterocycles. The fourth-order valence-electron chi connectivity index (χ4n) is 1.87. The SMILES string of the molecule is CC(C)CSc1nnc(CNC(=O)C=Cc2ccccc2Cl)n1C. The van der Waals surface area contributed by atoms with Crippen molar-refractivity contribution >= 4 is 35.3 Å². The summed E-state index contributed by atoms with van der Waals surface area (Å²) in [7, 11) is 1.91. The number of benzene rings is 1. The molecule has 7 heteroatoms. The van der Waals surface area contributed by atoms with Crippen LogP contribution in [0.15, 0.2) is 35.5 Å². The maximum atomic E-state index is 11.9. The zero-order chi connectivity index (χ0) is 17.5. The molecule has 24 heavy (non-hydrogen) atoms. The van der Waals surface area contributed by atoms with Crippen molar-refractivity contribution < 1.29 is 4.79 Å². The molecule has 0 unspecified atom stereocenters. The van der Waals surface area contributed by atoms with Crippen molar-refractivity contribution in [3.63, 3.8) is 0 Å². The molecule has 2 aromatic rings. The second-order valence-electron chi connectivity index (χ2n) is 5.74. The van der Waals surface area contributed by atoms with Gasteiger partial charge in [0.2, 0.25) is 5.91 Å². The van der Waals surface area contributed by atoms with Crippen molar-refractivity contribution in [3.05, 3.63) is 46.8 Å². The van der Waals surface area contributed by atoms with Gasteiger partial charge in [-0.1, -0.05) is 55.4 Å². The zero-order valence-corrected chi connectivity index (χ0v) is 15.6. The summed E-state index contributed by atoms with van der Waals surface area (Å²) >= 11 is 7.72. The predicted molar refractivity (Wildman–Crippen MR) is 98.9 cm³/mol. The van der Waals surface area contributed by atoms with Crippen molar-refractivity contribution in [2.24, 2.45) is 13.0 Å². The van der Waals surface area contributed by atoms with Crippen molar-refractivity contribution in [3.8, 4) is 0 Å². The third-order valence-corrected chi connectivity index (χ3v) is 5.00. The molecular formula is C17H21ClN4OS. The number of nitrogens with one attached hydrogen (secondary N) is 1. The van der Waals surface area contributed by atoms with E-state index < -0.39 is 0 Å². The maximum absolute atomic E-state index is 11.9. The number of carbonyl (C=O) groups excluding carboxylic acids is 1. The lowest BCUT2D eigenvalue weighted by atomic mass is 10.2. The van der Waals surface area contributed by atoms with Crippen molar-refractivity contribution in [2.75, 3.05) is 5.75 Å². The largest absolute Gasteiger partial charge is 0.345 e. The molecule has 0 radical (unpaired) electrons.